The number of hydrogen-bond acceptors (Lipinski definition) is 1. The minimum absolute atomic E-state index is 0.987. The quantitative estimate of drug-likeness (QED) is 0.633. The highest BCUT2D eigenvalue weighted by Crippen LogP contribution is 2.26. The molecule has 0 radical (unpaired) electrons. The van der Waals surface area contributed by atoms with Gasteiger partial charge in [0.2, 0.25) is 0 Å². The number of rotatable bonds is 0. The predicted molar refractivity (Wildman–Crippen MR) is 57.1 cm³/mol. The number of aryl methyl sites for hydroxylation is 1. The summed E-state index contributed by atoms with van der Waals surface area (Å²) in [6.07, 6.45) is 4.05. The maximum Gasteiger partial charge on any atom is 0.0386 e. The summed E-state index contributed by atoms with van der Waals surface area (Å²) in [5.41, 5.74) is 6.17. The molecule has 1 nitrogen and oxygen atoms in total. The van der Waals surface area contributed by atoms with Crippen LogP contribution in [0.1, 0.15) is 22.3 Å². The molecule has 1 aliphatic heterocycles. The van der Waals surface area contributed by atoms with Gasteiger partial charge in [0.05, 0.1) is 0 Å². The van der Waals surface area contributed by atoms with Gasteiger partial charge in [0, 0.05) is 17.5 Å². The number of nitrogens with one attached hydrogen (secondary N) is 1. The van der Waals surface area contributed by atoms with E-state index in [4.69, 9.17) is 0 Å². The van der Waals surface area contributed by atoms with Crippen LogP contribution in [0.3, 0.4) is 0 Å². The van der Waals surface area contributed by atoms with Crippen molar-refractivity contribution >= 4 is 11.8 Å². The lowest BCUT2D eigenvalue weighted by Crippen LogP contribution is -2.09. The Morgan fingerprint density at radius 2 is 2.00 bits per heavy atom. The molecule has 0 bridgehead atoms. The minimum Gasteiger partial charge on any atom is -0.362 e. The standard InChI is InChI=1S/C12H13N/c1-8-4-5-12-10(3)13-7-6-11(12)9(8)2/h4-7,13H,3H2,1-2H3. The lowest BCUT2D eigenvalue weighted by molar-refractivity contribution is 1.18. The largest absolute Gasteiger partial charge is 0.362 e. The smallest absolute Gasteiger partial charge is 0.0386 e. The molecule has 66 valence electrons. The lowest BCUT2D eigenvalue weighted by Gasteiger charge is -2.17. The van der Waals surface area contributed by atoms with Crippen molar-refractivity contribution in [2.45, 2.75) is 13.8 Å². The molecule has 2 rings (SSSR count). The van der Waals surface area contributed by atoms with E-state index in [1.54, 1.807) is 0 Å². The first-order chi connectivity index (χ1) is 6.20. The highest BCUT2D eigenvalue weighted by molar-refractivity contribution is 5.78. The second-order valence-electron chi connectivity index (χ2n) is 3.42. The summed E-state index contributed by atoms with van der Waals surface area (Å²) in [4.78, 5) is 0. The second-order valence-corrected chi connectivity index (χ2v) is 3.42. The molecule has 0 saturated heterocycles. The normalized spacial score (nSPS) is 13.8. The monoisotopic (exact) mass is 171 g/mol. The Kier molecular flexibility index (Phi) is 1.73. The summed E-state index contributed by atoms with van der Waals surface area (Å²) in [5.74, 6) is 0. The maximum atomic E-state index is 3.96. The van der Waals surface area contributed by atoms with Crippen LogP contribution in [0.25, 0.3) is 11.8 Å². The Labute approximate surface area is 78.8 Å². The third kappa shape index (κ3) is 1.17. The first-order valence-corrected chi connectivity index (χ1v) is 4.42. The molecule has 0 fully saturated rings. The van der Waals surface area contributed by atoms with Gasteiger partial charge in [0.25, 0.3) is 0 Å². The van der Waals surface area contributed by atoms with Crippen molar-refractivity contribution in [2.75, 3.05) is 0 Å². The summed E-state index contributed by atoms with van der Waals surface area (Å²) in [6, 6.07) is 4.26. The molecule has 1 aromatic carbocycles. The van der Waals surface area contributed by atoms with Gasteiger partial charge in [0.15, 0.2) is 0 Å². The van der Waals surface area contributed by atoms with Crippen LogP contribution in [-0.4, -0.2) is 0 Å². The van der Waals surface area contributed by atoms with Crippen molar-refractivity contribution in [3.05, 3.63) is 47.2 Å². The first-order valence-electron chi connectivity index (χ1n) is 4.42. The van der Waals surface area contributed by atoms with Crippen molar-refractivity contribution in [1.82, 2.24) is 5.32 Å². The predicted octanol–water partition coefficient (Wildman–Crippen LogP) is 2.85. The molecule has 0 saturated carbocycles. The molecule has 0 atom stereocenters. The van der Waals surface area contributed by atoms with Gasteiger partial charge in [-0.2, -0.15) is 0 Å². The maximum absolute atomic E-state index is 3.96. The van der Waals surface area contributed by atoms with Crippen molar-refractivity contribution in [3.63, 3.8) is 0 Å². The topological polar surface area (TPSA) is 12.0 Å². The zero-order valence-corrected chi connectivity index (χ0v) is 8.02. The van der Waals surface area contributed by atoms with E-state index in [0.29, 0.717) is 0 Å². The van der Waals surface area contributed by atoms with Gasteiger partial charge in [-0.25, -0.2) is 0 Å². The Morgan fingerprint density at radius 3 is 2.77 bits per heavy atom. The minimum atomic E-state index is 0.987. The fourth-order valence-electron chi connectivity index (χ4n) is 1.62. The van der Waals surface area contributed by atoms with Crippen molar-refractivity contribution in [3.8, 4) is 0 Å². The van der Waals surface area contributed by atoms with Crippen LogP contribution < -0.4 is 5.32 Å². The number of hydrogen-bond donors (Lipinski definition) is 1. The van der Waals surface area contributed by atoms with Gasteiger partial charge in [0.1, 0.15) is 0 Å². The molecule has 1 heterocycles. The average molecular weight is 171 g/mol. The molecule has 1 aromatic rings. The third-order valence-corrected chi connectivity index (χ3v) is 2.62. The molecular formula is C12H13N. The van der Waals surface area contributed by atoms with E-state index in [9.17, 15) is 0 Å². The summed E-state index contributed by atoms with van der Waals surface area (Å²) >= 11 is 0. The van der Waals surface area contributed by atoms with Gasteiger partial charge < -0.3 is 5.32 Å². The Morgan fingerprint density at radius 1 is 1.23 bits per heavy atom. The Bertz CT molecular complexity index is 400. The third-order valence-electron chi connectivity index (χ3n) is 2.62. The average Bonchev–Trinajstić information content (AvgIpc) is 2.12. The second kappa shape index (κ2) is 2.77. The molecule has 0 unspecified atom stereocenters. The number of fused-ring (bicyclic) bond motifs is 1. The molecular weight excluding hydrogens is 158 g/mol. The van der Waals surface area contributed by atoms with E-state index in [2.05, 4.69) is 44.0 Å². The Hall–Kier alpha value is -1.50. The van der Waals surface area contributed by atoms with Crippen molar-refractivity contribution < 1.29 is 0 Å². The van der Waals surface area contributed by atoms with Crippen LogP contribution >= 0.6 is 0 Å². The molecule has 0 aromatic heterocycles. The summed E-state index contributed by atoms with van der Waals surface area (Å²) in [6.45, 7) is 8.25. The zero-order valence-electron chi connectivity index (χ0n) is 8.02. The van der Waals surface area contributed by atoms with E-state index in [0.717, 1.165) is 5.70 Å². The fourth-order valence-corrected chi connectivity index (χ4v) is 1.62. The van der Waals surface area contributed by atoms with Gasteiger partial charge in [-0.1, -0.05) is 18.7 Å². The fraction of sp³-hybridized carbons (Fsp3) is 0.167. The van der Waals surface area contributed by atoms with Crippen molar-refractivity contribution in [2.24, 2.45) is 0 Å². The molecule has 0 aliphatic carbocycles. The van der Waals surface area contributed by atoms with E-state index < -0.39 is 0 Å². The van der Waals surface area contributed by atoms with Gasteiger partial charge in [-0.05, 0) is 36.6 Å². The van der Waals surface area contributed by atoms with Crippen LogP contribution in [0.4, 0.5) is 0 Å². The van der Waals surface area contributed by atoms with Gasteiger partial charge >= 0.3 is 0 Å². The SMILES string of the molecule is C=C1NC=Cc2c1ccc(C)c2C. The summed E-state index contributed by atoms with van der Waals surface area (Å²) in [7, 11) is 0. The molecule has 13 heavy (non-hydrogen) atoms. The van der Waals surface area contributed by atoms with Crippen LogP contribution in [0.5, 0.6) is 0 Å². The van der Waals surface area contributed by atoms with Crippen LogP contribution in [0.2, 0.25) is 0 Å². The molecule has 0 amide bonds. The highest BCUT2D eigenvalue weighted by atomic mass is 14.9. The van der Waals surface area contributed by atoms with Gasteiger partial charge in [-0.3, -0.25) is 0 Å². The summed E-state index contributed by atoms with van der Waals surface area (Å²) < 4.78 is 0. The van der Waals surface area contributed by atoms with Crippen molar-refractivity contribution in [1.29, 1.82) is 0 Å². The lowest BCUT2D eigenvalue weighted by atomic mass is 9.94. The van der Waals surface area contributed by atoms with Crippen LogP contribution in [0.15, 0.2) is 24.9 Å². The van der Waals surface area contributed by atoms with Crippen LogP contribution in [-0.2, 0) is 0 Å². The number of benzene rings is 1. The molecule has 1 N–H and O–H groups in total. The zero-order chi connectivity index (χ0) is 9.42. The van der Waals surface area contributed by atoms with E-state index >= 15 is 0 Å². The molecule has 1 heteroatoms. The van der Waals surface area contributed by atoms with Gasteiger partial charge in [-0.15, -0.1) is 0 Å². The Balaban J connectivity index is 2.72. The molecule has 1 aliphatic rings. The van der Waals surface area contributed by atoms with E-state index in [1.807, 2.05) is 6.20 Å². The van der Waals surface area contributed by atoms with E-state index in [-0.39, 0.29) is 0 Å². The molecule has 0 spiro atoms. The first kappa shape index (κ1) is 8.11. The van der Waals surface area contributed by atoms with Crippen LogP contribution in [0, 0.1) is 13.8 Å². The van der Waals surface area contributed by atoms with E-state index in [1.165, 1.54) is 22.3 Å². The summed E-state index contributed by atoms with van der Waals surface area (Å²) in [5, 5.41) is 3.11. The highest BCUT2D eigenvalue weighted by Gasteiger charge is 2.10.